The molecule has 7 heteroatoms. The summed E-state index contributed by atoms with van der Waals surface area (Å²) in [5.74, 6) is 0.376. The van der Waals surface area contributed by atoms with E-state index in [1.165, 1.54) is 28.7 Å². The Hall–Kier alpha value is -2.38. The van der Waals surface area contributed by atoms with E-state index >= 15 is 0 Å². The van der Waals surface area contributed by atoms with Gasteiger partial charge >= 0.3 is 0 Å². The van der Waals surface area contributed by atoms with E-state index < -0.39 is 0 Å². The van der Waals surface area contributed by atoms with Crippen LogP contribution in [0.1, 0.15) is 17.5 Å². The first-order valence-electron chi connectivity index (χ1n) is 8.80. The minimum Gasteiger partial charge on any atom is -0.355 e. The number of aryl methyl sites for hydroxylation is 2. The molecule has 0 atom stereocenters. The van der Waals surface area contributed by atoms with Gasteiger partial charge in [-0.05, 0) is 37.0 Å². The predicted octanol–water partition coefficient (Wildman–Crippen LogP) is 4.43. The molecular formula is C20H22N4OS2. The van der Waals surface area contributed by atoms with Crippen molar-refractivity contribution in [1.82, 2.24) is 15.5 Å². The van der Waals surface area contributed by atoms with Crippen molar-refractivity contribution in [3.63, 3.8) is 0 Å². The van der Waals surface area contributed by atoms with Gasteiger partial charge in [0.2, 0.25) is 11.0 Å². The molecular weight excluding hydrogens is 376 g/mol. The Bertz CT molecular complexity index is 867. The first-order chi connectivity index (χ1) is 13.2. The molecule has 0 fully saturated rings. The molecule has 0 aliphatic carbocycles. The molecule has 2 aromatic carbocycles. The summed E-state index contributed by atoms with van der Waals surface area (Å²) in [6.45, 7) is 2.73. The highest BCUT2D eigenvalue weighted by atomic mass is 32.2. The number of nitrogens with zero attached hydrogens (tertiary/aromatic N) is 2. The Balaban J connectivity index is 1.37. The fraction of sp³-hybridized carbons (Fsp3) is 0.250. The predicted molar refractivity (Wildman–Crippen MR) is 113 cm³/mol. The van der Waals surface area contributed by atoms with E-state index in [-0.39, 0.29) is 5.91 Å². The first kappa shape index (κ1) is 19.4. The molecule has 0 aliphatic rings. The molecule has 3 aromatic rings. The van der Waals surface area contributed by atoms with Gasteiger partial charge in [0.1, 0.15) is 0 Å². The molecule has 1 amide bonds. The minimum absolute atomic E-state index is 0.0247. The smallest absolute Gasteiger partial charge is 0.230 e. The fourth-order valence-corrected chi connectivity index (χ4v) is 4.08. The van der Waals surface area contributed by atoms with Crippen molar-refractivity contribution in [2.45, 2.75) is 24.1 Å². The number of hydrogen-bond acceptors (Lipinski definition) is 6. The van der Waals surface area contributed by atoms with Gasteiger partial charge in [-0.25, -0.2) is 0 Å². The van der Waals surface area contributed by atoms with Crippen molar-refractivity contribution in [1.29, 1.82) is 0 Å². The standard InChI is InChI=1S/C20H22N4OS2/c1-15-8-5-6-12-17(15)22-19-23-24-20(27-19)26-14-18(25)21-13-7-11-16-9-3-2-4-10-16/h2-6,8-10,12H,7,11,13-14H2,1H3,(H,21,25)(H,22,23). The van der Waals surface area contributed by atoms with Crippen LogP contribution < -0.4 is 10.6 Å². The van der Waals surface area contributed by atoms with Crippen LogP contribution in [-0.4, -0.2) is 28.4 Å². The molecule has 27 heavy (non-hydrogen) atoms. The van der Waals surface area contributed by atoms with Crippen molar-refractivity contribution in [2.24, 2.45) is 0 Å². The van der Waals surface area contributed by atoms with Crippen LogP contribution in [0, 0.1) is 6.92 Å². The van der Waals surface area contributed by atoms with E-state index in [0.29, 0.717) is 12.3 Å². The van der Waals surface area contributed by atoms with E-state index in [0.717, 1.165) is 33.6 Å². The normalized spacial score (nSPS) is 10.6. The maximum atomic E-state index is 12.0. The quantitative estimate of drug-likeness (QED) is 0.412. The van der Waals surface area contributed by atoms with Gasteiger partial charge in [-0.3, -0.25) is 4.79 Å². The number of benzene rings is 2. The zero-order chi connectivity index (χ0) is 18.9. The number of anilines is 2. The van der Waals surface area contributed by atoms with Crippen molar-refractivity contribution >= 4 is 39.8 Å². The van der Waals surface area contributed by atoms with Crippen molar-refractivity contribution in [3.05, 3.63) is 65.7 Å². The number of rotatable bonds is 9. The Morgan fingerprint density at radius 3 is 2.67 bits per heavy atom. The van der Waals surface area contributed by atoms with Gasteiger partial charge in [-0.15, -0.1) is 10.2 Å². The SMILES string of the molecule is Cc1ccccc1Nc1nnc(SCC(=O)NCCCc2ccccc2)s1. The zero-order valence-corrected chi connectivity index (χ0v) is 16.8. The largest absolute Gasteiger partial charge is 0.355 e. The molecule has 1 heterocycles. The van der Waals surface area contributed by atoms with Gasteiger partial charge in [0, 0.05) is 12.2 Å². The van der Waals surface area contributed by atoms with E-state index in [4.69, 9.17) is 0 Å². The lowest BCUT2D eigenvalue weighted by atomic mass is 10.1. The summed E-state index contributed by atoms with van der Waals surface area (Å²) in [7, 11) is 0. The Labute approximate surface area is 167 Å². The summed E-state index contributed by atoms with van der Waals surface area (Å²) in [5.41, 5.74) is 3.46. The maximum Gasteiger partial charge on any atom is 0.230 e. The van der Waals surface area contributed by atoms with Gasteiger partial charge < -0.3 is 10.6 Å². The molecule has 5 nitrogen and oxygen atoms in total. The average molecular weight is 399 g/mol. The molecule has 0 saturated heterocycles. The average Bonchev–Trinajstić information content (AvgIpc) is 3.14. The number of carbonyl (C=O) groups excluding carboxylic acids is 1. The molecule has 3 rings (SSSR count). The molecule has 1 aromatic heterocycles. The van der Waals surface area contributed by atoms with Crippen LogP contribution in [0.15, 0.2) is 58.9 Å². The first-order valence-corrected chi connectivity index (χ1v) is 10.6. The maximum absolute atomic E-state index is 12.0. The highest BCUT2D eigenvalue weighted by Gasteiger charge is 2.09. The van der Waals surface area contributed by atoms with E-state index in [1.54, 1.807) is 0 Å². The molecule has 140 valence electrons. The third kappa shape index (κ3) is 6.37. The van der Waals surface area contributed by atoms with Crippen LogP contribution in [0.3, 0.4) is 0 Å². The summed E-state index contributed by atoms with van der Waals surface area (Å²) in [4.78, 5) is 12.0. The highest BCUT2D eigenvalue weighted by molar-refractivity contribution is 8.01. The minimum atomic E-state index is 0.0247. The number of nitrogens with one attached hydrogen (secondary N) is 2. The third-order valence-electron chi connectivity index (χ3n) is 3.93. The highest BCUT2D eigenvalue weighted by Crippen LogP contribution is 2.28. The molecule has 0 aliphatic heterocycles. The van der Waals surface area contributed by atoms with Gasteiger partial charge in [0.25, 0.3) is 0 Å². The van der Waals surface area contributed by atoms with Crippen LogP contribution in [0.25, 0.3) is 0 Å². The number of hydrogen-bond donors (Lipinski definition) is 2. The Kier molecular flexibility index (Phi) is 7.24. The summed E-state index contributed by atoms with van der Waals surface area (Å²) >= 11 is 2.87. The number of amides is 1. The lowest BCUT2D eigenvalue weighted by Gasteiger charge is -2.05. The summed E-state index contributed by atoms with van der Waals surface area (Å²) < 4.78 is 0.783. The lowest BCUT2D eigenvalue weighted by Crippen LogP contribution is -2.26. The zero-order valence-electron chi connectivity index (χ0n) is 15.1. The number of carbonyl (C=O) groups is 1. The van der Waals surface area contributed by atoms with Gasteiger partial charge in [0.15, 0.2) is 4.34 Å². The third-order valence-corrected chi connectivity index (χ3v) is 5.90. The number of thioether (sulfide) groups is 1. The molecule has 0 spiro atoms. The topological polar surface area (TPSA) is 66.9 Å². The molecule has 0 unspecified atom stereocenters. The van der Waals surface area contributed by atoms with Crippen LogP contribution in [0.5, 0.6) is 0 Å². The van der Waals surface area contributed by atoms with Crippen molar-refractivity contribution < 1.29 is 4.79 Å². The number of para-hydroxylation sites is 1. The fourth-order valence-electron chi connectivity index (χ4n) is 2.49. The van der Waals surface area contributed by atoms with Gasteiger partial charge in [0.05, 0.1) is 5.75 Å². The van der Waals surface area contributed by atoms with Crippen LogP contribution in [-0.2, 0) is 11.2 Å². The second-order valence-corrected chi connectivity index (χ2v) is 8.24. The van der Waals surface area contributed by atoms with E-state index in [1.807, 2.05) is 49.4 Å². The monoisotopic (exact) mass is 398 g/mol. The lowest BCUT2D eigenvalue weighted by molar-refractivity contribution is -0.118. The van der Waals surface area contributed by atoms with Crippen LogP contribution in [0.4, 0.5) is 10.8 Å². The second kappa shape index (κ2) is 10.1. The molecule has 0 radical (unpaired) electrons. The Morgan fingerprint density at radius 1 is 1.07 bits per heavy atom. The molecule has 0 bridgehead atoms. The summed E-state index contributed by atoms with van der Waals surface area (Å²) in [5, 5.41) is 15.2. The molecule has 2 N–H and O–H groups in total. The summed E-state index contributed by atoms with van der Waals surface area (Å²) in [6.07, 6.45) is 1.91. The molecule has 0 saturated carbocycles. The number of aromatic nitrogens is 2. The summed E-state index contributed by atoms with van der Waals surface area (Å²) in [6, 6.07) is 18.3. The van der Waals surface area contributed by atoms with Crippen LogP contribution >= 0.6 is 23.1 Å². The van der Waals surface area contributed by atoms with Crippen molar-refractivity contribution in [2.75, 3.05) is 17.6 Å². The van der Waals surface area contributed by atoms with Gasteiger partial charge in [-0.1, -0.05) is 71.6 Å². The van der Waals surface area contributed by atoms with E-state index in [2.05, 4.69) is 33.0 Å². The van der Waals surface area contributed by atoms with Crippen LogP contribution in [0.2, 0.25) is 0 Å². The van der Waals surface area contributed by atoms with E-state index in [9.17, 15) is 4.79 Å². The van der Waals surface area contributed by atoms with Crippen molar-refractivity contribution in [3.8, 4) is 0 Å². The van der Waals surface area contributed by atoms with Gasteiger partial charge in [-0.2, -0.15) is 0 Å². The second-order valence-electron chi connectivity index (χ2n) is 6.04. The Morgan fingerprint density at radius 2 is 1.85 bits per heavy atom.